The topological polar surface area (TPSA) is 55.8 Å². The summed E-state index contributed by atoms with van der Waals surface area (Å²) >= 11 is 11.9. The van der Waals surface area contributed by atoms with Crippen LogP contribution < -0.4 is 9.47 Å². The molecule has 0 spiro atoms. The highest BCUT2D eigenvalue weighted by molar-refractivity contribution is 7.89. The Bertz CT molecular complexity index is 818. The maximum Gasteiger partial charge on any atom is 0.244 e. The second-order valence-corrected chi connectivity index (χ2v) is 7.83. The Balaban J connectivity index is 2.43. The average Bonchev–Trinajstić information content (AvgIpc) is 2.56. The van der Waals surface area contributed by atoms with Gasteiger partial charge in [0, 0.05) is 18.6 Å². The first-order valence-electron chi connectivity index (χ1n) is 6.92. The second kappa shape index (κ2) is 7.61. The van der Waals surface area contributed by atoms with Gasteiger partial charge in [0.15, 0.2) is 0 Å². The third kappa shape index (κ3) is 3.78. The van der Waals surface area contributed by atoms with Crippen molar-refractivity contribution < 1.29 is 17.9 Å². The fourth-order valence-electron chi connectivity index (χ4n) is 2.23. The number of ether oxygens (including phenoxy) is 2. The van der Waals surface area contributed by atoms with Crippen LogP contribution in [0.1, 0.15) is 5.56 Å². The molecule has 24 heavy (non-hydrogen) atoms. The van der Waals surface area contributed by atoms with Crippen molar-refractivity contribution in [3.8, 4) is 11.5 Å². The number of methoxy groups -OCH3 is 2. The summed E-state index contributed by atoms with van der Waals surface area (Å²) in [5.74, 6) is 1.07. The van der Waals surface area contributed by atoms with Crippen molar-refractivity contribution in [2.24, 2.45) is 0 Å². The van der Waals surface area contributed by atoms with E-state index in [4.69, 9.17) is 32.7 Å². The molecule has 2 aromatic rings. The van der Waals surface area contributed by atoms with E-state index in [0.29, 0.717) is 22.1 Å². The molecule has 0 aliphatic carbocycles. The third-order valence-corrected chi connectivity index (χ3v) is 6.01. The minimum Gasteiger partial charge on any atom is -0.496 e. The Morgan fingerprint density at radius 3 is 2.17 bits per heavy atom. The summed E-state index contributed by atoms with van der Waals surface area (Å²) in [5, 5.41) is 0.402. The smallest absolute Gasteiger partial charge is 0.244 e. The van der Waals surface area contributed by atoms with E-state index in [0.717, 1.165) is 0 Å². The van der Waals surface area contributed by atoms with Crippen LogP contribution in [-0.2, 0) is 16.6 Å². The van der Waals surface area contributed by atoms with E-state index in [1.807, 2.05) is 0 Å². The van der Waals surface area contributed by atoms with Crippen molar-refractivity contribution in [2.45, 2.75) is 11.4 Å². The van der Waals surface area contributed by atoms with Gasteiger partial charge in [0.25, 0.3) is 0 Å². The van der Waals surface area contributed by atoms with Crippen molar-refractivity contribution in [3.63, 3.8) is 0 Å². The summed E-state index contributed by atoms with van der Waals surface area (Å²) in [4.78, 5) is -0.0481. The van der Waals surface area contributed by atoms with E-state index in [2.05, 4.69) is 0 Å². The predicted molar refractivity (Wildman–Crippen MR) is 94.7 cm³/mol. The molecular formula is C16H17Cl2NO4S. The van der Waals surface area contributed by atoms with Gasteiger partial charge in [-0.3, -0.25) is 0 Å². The molecule has 0 atom stereocenters. The minimum absolute atomic E-state index is 0.0481. The standard InChI is InChI=1S/C16H17Cl2NO4S/c1-19(10-12-14(22-2)5-4-6-15(12)23-3)24(20,21)16-9-11(17)7-8-13(16)18/h4-9H,10H2,1-3H3. The van der Waals surface area contributed by atoms with E-state index in [1.165, 1.54) is 43.8 Å². The van der Waals surface area contributed by atoms with Gasteiger partial charge in [0.2, 0.25) is 10.0 Å². The van der Waals surface area contributed by atoms with Crippen LogP contribution >= 0.6 is 23.2 Å². The molecule has 2 rings (SSSR count). The lowest BCUT2D eigenvalue weighted by molar-refractivity contribution is 0.371. The van der Waals surface area contributed by atoms with Crippen molar-refractivity contribution >= 4 is 33.2 Å². The monoisotopic (exact) mass is 389 g/mol. The second-order valence-electron chi connectivity index (χ2n) is 4.98. The summed E-state index contributed by atoms with van der Waals surface area (Å²) in [6.07, 6.45) is 0. The quantitative estimate of drug-likeness (QED) is 0.752. The summed E-state index contributed by atoms with van der Waals surface area (Å²) in [6.45, 7) is 0.0539. The lowest BCUT2D eigenvalue weighted by Crippen LogP contribution is -2.27. The molecule has 0 heterocycles. The molecule has 0 bridgehead atoms. The van der Waals surface area contributed by atoms with Crippen LogP contribution in [0.5, 0.6) is 11.5 Å². The molecular weight excluding hydrogens is 373 g/mol. The SMILES string of the molecule is COc1cccc(OC)c1CN(C)S(=O)(=O)c1cc(Cl)ccc1Cl. The van der Waals surface area contributed by atoms with Gasteiger partial charge in [0.05, 0.1) is 24.8 Å². The van der Waals surface area contributed by atoms with Gasteiger partial charge in [-0.1, -0.05) is 29.3 Å². The number of rotatable bonds is 6. The maximum absolute atomic E-state index is 12.8. The van der Waals surface area contributed by atoms with Gasteiger partial charge in [-0.25, -0.2) is 8.42 Å². The number of benzene rings is 2. The van der Waals surface area contributed by atoms with E-state index in [9.17, 15) is 8.42 Å². The molecule has 8 heteroatoms. The first-order chi connectivity index (χ1) is 11.3. The van der Waals surface area contributed by atoms with Gasteiger partial charge in [-0.05, 0) is 30.3 Å². The highest BCUT2D eigenvalue weighted by Gasteiger charge is 2.26. The largest absolute Gasteiger partial charge is 0.496 e. The molecule has 0 unspecified atom stereocenters. The van der Waals surface area contributed by atoms with Crippen LogP contribution in [0.2, 0.25) is 10.0 Å². The fourth-order valence-corrected chi connectivity index (χ4v) is 4.11. The number of hydrogen-bond donors (Lipinski definition) is 0. The molecule has 0 saturated carbocycles. The molecule has 130 valence electrons. The number of sulfonamides is 1. The van der Waals surface area contributed by atoms with Gasteiger partial charge < -0.3 is 9.47 Å². The highest BCUT2D eigenvalue weighted by atomic mass is 35.5. The number of hydrogen-bond acceptors (Lipinski definition) is 4. The first-order valence-corrected chi connectivity index (χ1v) is 9.12. The number of halogens is 2. The molecule has 0 aliphatic rings. The summed E-state index contributed by atoms with van der Waals surface area (Å²) in [5.41, 5.74) is 0.617. The summed E-state index contributed by atoms with van der Waals surface area (Å²) < 4.78 is 37.4. The zero-order chi connectivity index (χ0) is 17.9. The van der Waals surface area contributed by atoms with Crippen molar-refractivity contribution in [1.82, 2.24) is 4.31 Å². The Hall–Kier alpha value is -1.47. The summed E-state index contributed by atoms with van der Waals surface area (Å²) in [6, 6.07) is 9.56. The van der Waals surface area contributed by atoms with Gasteiger partial charge in [-0.15, -0.1) is 0 Å². The normalized spacial score (nSPS) is 11.6. The van der Waals surface area contributed by atoms with Gasteiger partial charge in [0.1, 0.15) is 16.4 Å². The lowest BCUT2D eigenvalue weighted by Gasteiger charge is -2.21. The Labute approximate surface area is 151 Å². The minimum atomic E-state index is -3.83. The highest BCUT2D eigenvalue weighted by Crippen LogP contribution is 2.32. The molecule has 0 radical (unpaired) electrons. The molecule has 0 saturated heterocycles. The lowest BCUT2D eigenvalue weighted by atomic mass is 10.1. The Kier molecular flexibility index (Phi) is 5.98. The van der Waals surface area contributed by atoms with E-state index >= 15 is 0 Å². The molecule has 2 aromatic carbocycles. The fraction of sp³-hybridized carbons (Fsp3) is 0.250. The molecule has 0 aliphatic heterocycles. The Morgan fingerprint density at radius 1 is 1.04 bits per heavy atom. The van der Waals surface area contributed by atoms with Crippen LogP contribution in [0.25, 0.3) is 0 Å². The van der Waals surface area contributed by atoms with Crippen LogP contribution in [-0.4, -0.2) is 34.0 Å². The van der Waals surface area contributed by atoms with Crippen LogP contribution in [0.15, 0.2) is 41.3 Å². The molecule has 0 fully saturated rings. The van der Waals surface area contributed by atoms with E-state index in [-0.39, 0.29) is 16.5 Å². The van der Waals surface area contributed by atoms with Crippen molar-refractivity contribution in [1.29, 1.82) is 0 Å². The van der Waals surface area contributed by atoms with Gasteiger partial charge >= 0.3 is 0 Å². The average molecular weight is 390 g/mol. The van der Waals surface area contributed by atoms with Crippen LogP contribution in [0.4, 0.5) is 0 Å². The molecule has 5 nitrogen and oxygen atoms in total. The van der Waals surface area contributed by atoms with Crippen LogP contribution in [0.3, 0.4) is 0 Å². The zero-order valence-electron chi connectivity index (χ0n) is 13.4. The third-order valence-electron chi connectivity index (χ3n) is 3.49. The zero-order valence-corrected chi connectivity index (χ0v) is 15.7. The molecule has 0 aromatic heterocycles. The first kappa shape index (κ1) is 18.9. The van der Waals surface area contributed by atoms with Gasteiger partial charge in [-0.2, -0.15) is 4.31 Å². The van der Waals surface area contributed by atoms with Crippen LogP contribution in [0, 0.1) is 0 Å². The van der Waals surface area contributed by atoms with Crippen molar-refractivity contribution in [3.05, 3.63) is 52.0 Å². The Morgan fingerprint density at radius 2 is 1.62 bits per heavy atom. The predicted octanol–water partition coefficient (Wildman–Crippen LogP) is 3.83. The summed E-state index contributed by atoms with van der Waals surface area (Å²) in [7, 11) is 0.651. The van der Waals surface area contributed by atoms with E-state index < -0.39 is 10.0 Å². The molecule has 0 N–H and O–H groups in total. The van der Waals surface area contributed by atoms with Crippen molar-refractivity contribution in [2.75, 3.05) is 21.3 Å². The van der Waals surface area contributed by atoms with E-state index in [1.54, 1.807) is 18.2 Å². The number of nitrogens with zero attached hydrogens (tertiary/aromatic N) is 1. The maximum atomic E-state index is 12.8. The molecule has 0 amide bonds.